The second-order valence-corrected chi connectivity index (χ2v) is 8.95. The summed E-state index contributed by atoms with van der Waals surface area (Å²) in [6.07, 6.45) is 4.32. The van der Waals surface area contributed by atoms with Crippen molar-refractivity contribution in [2.45, 2.75) is 50.5 Å². The molecule has 1 aromatic carbocycles. The van der Waals surface area contributed by atoms with Crippen LogP contribution in [0.3, 0.4) is 0 Å². The third-order valence-electron chi connectivity index (χ3n) is 6.49. The fraction of sp³-hybridized carbons (Fsp3) is 0.619. The summed E-state index contributed by atoms with van der Waals surface area (Å²) in [7, 11) is 1.90. The molecule has 154 valence electrons. The molecule has 0 aliphatic carbocycles. The van der Waals surface area contributed by atoms with Crippen LogP contribution in [0.15, 0.2) is 18.2 Å². The van der Waals surface area contributed by atoms with E-state index >= 15 is 0 Å². The third-order valence-corrected chi connectivity index (χ3v) is 7.23. The van der Waals surface area contributed by atoms with E-state index in [2.05, 4.69) is 10.2 Å². The molecule has 7 heteroatoms. The lowest BCUT2D eigenvalue weighted by Gasteiger charge is -2.41. The molecule has 1 aromatic rings. The number of amides is 2. The second kappa shape index (κ2) is 9.02. The highest BCUT2D eigenvalue weighted by molar-refractivity contribution is 6.42. The van der Waals surface area contributed by atoms with Crippen LogP contribution >= 0.6 is 23.2 Å². The van der Waals surface area contributed by atoms with Gasteiger partial charge in [0, 0.05) is 51.5 Å². The fourth-order valence-corrected chi connectivity index (χ4v) is 4.69. The Kier molecular flexibility index (Phi) is 6.89. The average Bonchev–Trinajstić information content (AvgIpc) is 2.70. The minimum atomic E-state index is -0.116. The number of hydrogen-bond donors (Lipinski definition) is 1. The van der Waals surface area contributed by atoms with Crippen LogP contribution in [0.4, 0.5) is 0 Å². The Bertz CT molecular complexity index is 722. The normalized spacial score (nSPS) is 24.1. The van der Waals surface area contributed by atoms with Crippen LogP contribution in [-0.4, -0.2) is 60.9 Å². The van der Waals surface area contributed by atoms with Gasteiger partial charge in [0.2, 0.25) is 11.8 Å². The van der Waals surface area contributed by atoms with Crippen molar-refractivity contribution in [3.8, 4) is 0 Å². The summed E-state index contributed by atoms with van der Waals surface area (Å²) in [5, 5.41) is 4.16. The Labute approximate surface area is 177 Å². The summed E-state index contributed by atoms with van der Waals surface area (Å²) in [4.78, 5) is 27.7. The van der Waals surface area contributed by atoms with E-state index in [0.29, 0.717) is 29.1 Å². The number of halogens is 2. The third kappa shape index (κ3) is 4.81. The van der Waals surface area contributed by atoms with Crippen LogP contribution in [0.1, 0.15) is 44.6 Å². The maximum Gasteiger partial charge on any atom is 0.220 e. The molecule has 0 unspecified atom stereocenters. The van der Waals surface area contributed by atoms with Crippen molar-refractivity contribution in [2.24, 2.45) is 0 Å². The molecule has 2 aliphatic rings. The molecule has 2 saturated heterocycles. The number of piperidine rings is 2. The highest BCUT2D eigenvalue weighted by Crippen LogP contribution is 2.38. The van der Waals surface area contributed by atoms with Gasteiger partial charge in [0.1, 0.15) is 0 Å². The number of hydrogen-bond acceptors (Lipinski definition) is 3. The van der Waals surface area contributed by atoms with E-state index in [1.807, 2.05) is 30.1 Å². The maximum absolute atomic E-state index is 11.8. The van der Waals surface area contributed by atoms with E-state index in [9.17, 15) is 9.59 Å². The molecule has 0 saturated carbocycles. The minimum absolute atomic E-state index is 0.115. The SMILES string of the molecule is CC(=O)N(C)C1CCN(CC[C@]2(c3ccc(Cl)c(Cl)c3)CCC(=O)NC2)CC1. The monoisotopic (exact) mass is 425 g/mol. The van der Waals surface area contributed by atoms with Crippen molar-refractivity contribution < 1.29 is 9.59 Å². The van der Waals surface area contributed by atoms with Crippen molar-refractivity contribution in [1.29, 1.82) is 0 Å². The molecule has 0 bridgehead atoms. The standard InChI is InChI=1S/C21H29Cl2N3O2/c1-15(27)25(2)17-6-10-26(11-7-17)12-9-21(8-5-20(28)24-14-21)16-3-4-18(22)19(23)13-16/h3-4,13,17H,5-12,14H2,1-2H3,(H,24,28)/t21-/m1/s1. The first-order valence-corrected chi connectivity index (χ1v) is 10.7. The van der Waals surface area contributed by atoms with Gasteiger partial charge in [0.15, 0.2) is 0 Å². The van der Waals surface area contributed by atoms with E-state index in [4.69, 9.17) is 23.2 Å². The summed E-state index contributed by atoms with van der Waals surface area (Å²) in [6.45, 7) is 5.21. The Hall–Kier alpha value is -1.30. The van der Waals surface area contributed by atoms with Crippen LogP contribution in [-0.2, 0) is 15.0 Å². The van der Waals surface area contributed by atoms with Crippen LogP contribution in [0.2, 0.25) is 10.0 Å². The molecule has 0 radical (unpaired) electrons. The summed E-state index contributed by atoms with van der Waals surface area (Å²) >= 11 is 12.4. The molecular formula is C21H29Cl2N3O2. The van der Waals surface area contributed by atoms with E-state index in [1.165, 1.54) is 0 Å². The predicted octanol–water partition coefficient (Wildman–Crippen LogP) is 3.47. The molecule has 2 heterocycles. The van der Waals surface area contributed by atoms with Gasteiger partial charge in [-0.1, -0.05) is 29.3 Å². The van der Waals surface area contributed by atoms with E-state index in [0.717, 1.165) is 50.9 Å². The zero-order valence-corrected chi connectivity index (χ0v) is 18.2. The zero-order chi connectivity index (χ0) is 20.3. The van der Waals surface area contributed by atoms with Crippen LogP contribution in [0, 0.1) is 0 Å². The summed E-state index contributed by atoms with van der Waals surface area (Å²) in [5.74, 6) is 0.249. The van der Waals surface area contributed by atoms with Gasteiger partial charge in [-0.25, -0.2) is 0 Å². The smallest absolute Gasteiger partial charge is 0.220 e. The van der Waals surface area contributed by atoms with Gasteiger partial charge in [0.05, 0.1) is 10.0 Å². The number of nitrogens with zero attached hydrogens (tertiary/aromatic N) is 2. The van der Waals surface area contributed by atoms with Crippen molar-refractivity contribution in [2.75, 3.05) is 33.2 Å². The van der Waals surface area contributed by atoms with Gasteiger partial charge in [-0.2, -0.15) is 0 Å². The van der Waals surface area contributed by atoms with Crippen molar-refractivity contribution in [1.82, 2.24) is 15.1 Å². The van der Waals surface area contributed by atoms with E-state index in [1.54, 1.807) is 6.92 Å². The first-order chi connectivity index (χ1) is 13.3. The zero-order valence-electron chi connectivity index (χ0n) is 16.6. The highest BCUT2D eigenvalue weighted by atomic mass is 35.5. The lowest BCUT2D eigenvalue weighted by atomic mass is 9.72. The number of carbonyl (C=O) groups excluding carboxylic acids is 2. The van der Waals surface area contributed by atoms with Crippen molar-refractivity contribution in [3.63, 3.8) is 0 Å². The lowest BCUT2D eigenvalue weighted by Crippen LogP contribution is -2.49. The molecule has 2 aliphatic heterocycles. The number of likely N-dealkylation sites (tertiary alicyclic amines) is 1. The van der Waals surface area contributed by atoms with Crippen LogP contribution in [0.25, 0.3) is 0 Å². The van der Waals surface area contributed by atoms with Gasteiger partial charge in [-0.15, -0.1) is 0 Å². The molecule has 3 rings (SSSR count). The molecule has 0 spiro atoms. The minimum Gasteiger partial charge on any atom is -0.355 e. The Morgan fingerprint density at radius 1 is 1.29 bits per heavy atom. The topological polar surface area (TPSA) is 52.7 Å². The van der Waals surface area contributed by atoms with E-state index < -0.39 is 0 Å². The van der Waals surface area contributed by atoms with Gasteiger partial charge in [0.25, 0.3) is 0 Å². The number of carbonyl (C=O) groups is 2. The fourth-order valence-electron chi connectivity index (χ4n) is 4.39. The van der Waals surface area contributed by atoms with Crippen molar-refractivity contribution in [3.05, 3.63) is 33.8 Å². The largest absolute Gasteiger partial charge is 0.355 e. The number of rotatable bonds is 5. The highest BCUT2D eigenvalue weighted by Gasteiger charge is 2.37. The van der Waals surface area contributed by atoms with Crippen LogP contribution < -0.4 is 5.32 Å². The first-order valence-electron chi connectivity index (χ1n) is 9.99. The summed E-state index contributed by atoms with van der Waals surface area (Å²) < 4.78 is 0. The van der Waals surface area contributed by atoms with Gasteiger partial charge in [-0.3, -0.25) is 9.59 Å². The first kappa shape index (κ1) is 21.4. The molecule has 5 nitrogen and oxygen atoms in total. The molecule has 2 fully saturated rings. The number of nitrogens with one attached hydrogen (secondary N) is 1. The maximum atomic E-state index is 11.8. The van der Waals surface area contributed by atoms with E-state index in [-0.39, 0.29) is 17.2 Å². The number of benzene rings is 1. The van der Waals surface area contributed by atoms with Crippen molar-refractivity contribution >= 4 is 35.0 Å². The molecule has 0 aromatic heterocycles. The second-order valence-electron chi connectivity index (χ2n) is 8.14. The Morgan fingerprint density at radius 3 is 2.57 bits per heavy atom. The summed E-state index contributed by atoms with van der Waals surface area (Å²) in [6, 6.07) is 6.18. The lowest BCUT2D eigenvalue weighted by molar-refractivity contribution is -0.130. The Balaban J connectivity index is 1.65. The molecule has 2 amide bonds. The van der Waals surface area contributed by atoms with Gasteiger partial charge >= 0.3 is 0 Å². The molecule has 1 N–H and O–H groups in total. The average molecular weight is 426 g/mol. The molecule has 28 heavy (non-hydrogen) atoms. The van der Waals surface area contributed by atoms with Crippen LogP contribution in [0.5, 0.6) is 0 Å². The predicted molar refractivity (Wildman–Crippen MR) is 113 cm³/mol. The molecular weight excluding hydrogens is 397 g/mol. The molecule has 1 atom stereocenters. The quantitative estimate of drug-likeness (QED) is 0.785. The van der Waals surface area contributed by atoms with Gasteiger partial charge in [-0.05, 0) is 49.9 Å². The van der Waals surface area contributed by atoms with Gasteiger partial charge < -0.3 is 15.1 Å². The summed E-state index contributed by atoms with van der Waals surface area (Å²) in [5.41, 5.74) is 1.03. The Morgan fingerprint density at radius 2 is 2.00 bits per heavy atom.